The number of halogens is 4. The molecule has 24 heavy (non-hydrogen) atoms. The van der Waals surface area contributed by atoms with Crippen molar-refractivity contribution >= 4 is 36.4 Å². The monoisotopic (exact) mass is 392 g/mol. The molecule has 0 saturated carbocycles. The fraction of sp³-hybridized carbons (Fsp3) is 0.412. The Morgan fingerprint density at radius 2 is 1.88 bits per heavy atom. The highest BCUT2D eigenvalue weighted by Crippen LogP contribution is 2.39. The van der Waals surface area contributed by atoms with Crippen LogP contribution in [0.25, 0.3) is 11.3 Å². The van der Waals surface area contributed by atoms with Crippen molar-refractivity contribution < 1.29 is 8.78 Å². The van der Waals surface area contributed by atoms with Crippen LogP contribution in [0.3, 0.4) is 0 Å². The van der Waals surface area contributed by atoms with Gasteiger partial charge in [0.1, 0.15) is 16.7 Å². The molecule has 0 bridgehead atoms. The smallest absolute Gasteiger partial charge is 0.260 e. The van der Waals surface area contributed by atoms with E-state index in [1.54, 1.807) is 0 Å². The van der Waals surface area contributed by atoms with E-state index in [0.717, 1.165) is 33.8 Å². The Labute approximate surface area is 151 Å². The molecular weight excluding hydrogens is 372 g/mol. The second kappa shape index (κ2) is 7.19. The molecule has 0 unspecified atom stereocenters. The quantitative estimate of drug-likeness (QED) is 0.560. The molecule has 0 spiro atoms. The lowest BCUT2D eigenvalue weighted by molar-refractivity contribution is 0.0683. The minimum atomic E-state index is -2.72. The fourth-order valence-electron chi connectivity index (χ4n) is 2.50. The topological polar surface area (TPSA) is 17.8 Å². The maximum Gasteiger partial charge on any atom is 0.321 e. The molecule has 0 saturated heterocycles. The molecule has 7 heteroatoms. The van der Waals surface area contributed by atoms with E-state index < -0.39 is 13.4 Å². The summed E-state index contributed by atoms with van der Waals surface area (Å²) in [5, 5.41) is 0.620. The minimum absolute atomic E-state index is 0.0520. The molecule has 132 valence electrons. The minimum Gasteiger partial charge on any atom is -0.260 e. The largest absolute Gasteiger partial charge is 0.321 e. The van der Waals surface area contributed by atoms with Gasteiger partial charge in [0, 0.05) is 10.6 Å². The molecule has 2 aromatic rings. The molecule has 0 radical (unpaired) electrons. The zero-order valence-electron chi connectivity index (χ0n) is 14.2. The van der Waals surface area contributed by atoms with Gasteiger partial charge in [-0.3, -0.25) is 4.57 Å². The number of imidazole rings is 1. The molecule has 0 aliphatic carbocycles. The number of aromatic nitrogens is 2. The van der Waals surface area contributed by atoms with Crippen LogP contribution in [0.5, 0.6) is 0 Å². The van der Waals surface area contributed by atoms with Gasteiger partial charge < -0.3 is 0 Å². The predicted octanol–water partition coefficient (Wildman–Crippen LogP) is 6.12. The number of benzene rings is 1. The fourth-order valence-corrected chi connectivity index (χ4v) is 4.00. The Morgan fingerprint density at radius 1 is 1.25 bits per heavy atom. The lowest BCUT2D eigenvalue weighted by Gasteiger charge is -2.15. The Kier molecular flexibility index (Phi) is 5.84. The first-order chi connectivity index (χ1) is 11.0. The molecule has 0 aliphatic heterocycles. The summed E-state index contributed by atoms with van der Waals surface area (Å²) >= 11 is 12.5. The first kappa shape index (κ1) is 19.5. The number of alkyl halides is 2. The maximum absolute atomic E-state index is 13.1. The zero-order chi connectivity index (χ0) is 18.2. The number of rotatable bonds is 5. The van der Waals surface area contributed by atoms with Gasteiger partial charge in [0.2, 0.25) is 0 Å². The van der Waals surface area contributed by atoms with Gasteiger partial charge >= 0.3 is 6.55 Å². The van der Waals surface area contributed by atoms with Crippen molar-refractivity contribution in [1.29, 1.82) is 0 Å². The van der Waals surface area contributed by atoms with E-state index >= 15 is 0 Å². The molecule has 0 atom stereocenters. The molecular formula is C17H21Cl2F2N2P. The molecule has 1 aromatic heterocycles. The normalized spacial score (nSPS) is 12.2. The summed E-state index contributed by atoms with van der Waals surface area (Å²) in [5.74, 6) is 0.186. The van der Waals surface area contributed by atoms with Crippen molar-refractivity contribution in [3.05, 3.63) is 39.3 Å². The van der Waals surface area contributed by atoms with Crippen LogP contribution >= 0.6 is 30.1 Å². The summed E-state index contributed by atoms with van der Waals surface area (Å²) in [5.41, 5.74) is 2.93. The SMILES string of the molecule is C=P(C)(C)CCc1cc(-c2nc(C)n(C(F)F)c2Cl)c(C)cc1Cl. The molecule has 0 N–H and O–H groups in total. The highest BCUT2D eigenvalue weighted by molar-refractivity contribution is 7.72. The van der Waals surface area contributed by atoms with Gasteiger partial charge in [-0.05, 0) is 63.0 Å². The van der Waals surface area contributed by atoms with E-state index in [2.05, 4.69) is 24.6 Å². The molecule has 1 heterocycles. The Bertz CT molecular complexity index is 809. The van der Waals surface area contributed by atoms with Crippen LogP contribution < -0.4 is 0 Å². The van der Waals surface area contributed by atoms with Crippen molar-refractivity contribution in [2.45, 2.75) is 26.8 Å². The molecule has 1 aromatic carbocycles. The van der Waals surface area contributed by atoms with E-state index in [0.29, 0.717) is 10.7 Å². The maximum atomic E-state index is 13.1. The lowest BCUT2D eigenvalue weighted by Crippen LogP contribution is -2.00. The second-order valence-corrected chi connectivity index (χ2v) is 11.7. The Balaban J connectivity index is 2.52. The predicted molar refractivity (Wildman–Crippen MR) is 103 cm³/mol. The summed E-state index contributed by atoms with van der Waals surface area (Å²) in [4.78, 5) is 4.24. The number of nitrogens with zero attached hydrogens (tertiary/aromatic N) is 2. The standard InChI is InChI=1S/C17H21Cl2F2N2P/c1-10-8-14(18)12(6-7-24(3,4)5)9-13(10)15-16(19)23(17(20)21)11(2)22-15/h8-9,17H,3,6-7H2,1-2,4-5H3. The number of hydrogen-bond acceptors (Lipinski definition) is 1. The lowest BCUT2D eigenvalue weighted by atomic mass is 10.0. The Morgan fingerprint density at radius 3 is 2.38 bits per heavy atom. The summed E-state index contributed by atoms with van der Waals surface area (Å²) in [7, 11) is 0. The van der Waals surface area contributed by atoms with Gasteiger partial charge in [-0.2, -0.15) is 8.78 Å². The summed E-state index contributed by atoms with van der Waals surface area (Å²) in [6.45, 7) is 3.82. The first-order valence-corrected chi connectivity index (χ1v) is 11.3. The van der Waals surface area contributed by atoms with Crippen LogP contribution in [0.2, 0.25) is 10.2 Å². The van der Waals surface area contributed by atoms with Crippen molar-refractivity contribution in [3.63, 3.8) is 0 Å². The summed E-state index contributed by atoms with van der Waals surface area (Å²) < 4.78 is 27.0. The van der Waals surface area contributed by atoms with Crippen LogP contribution in [0.15, 0.2) is 12.1 Å². The van der Waals surface area contributed by atoms with Gasteiger partial charge in [0.25, 0.3) is 0 Å². The molecule has 0 fully saturated rings. The molecule has 2 rings (SSSR count). The van der Waals surface area contributed by atoms with Crippen molar-refractivity contribution in [1.82, 2.24) is 9.55 Å². The summed E-state index contributed by atoms with van der Waals surface area (Å²) in [6.07, 6.45) is 5.97. The molecule has 2 nitrogen and oxygen atoms in total. The average molecular weight is 393 g/mol. The zero-order valence-corrected chi connectivity index (χ0v) is 16.6. The number of aryl methyl sites for hydroxylation is 3. The van der Waals surface area contributed by atoms with Crippen molar-refractivity contribution in [2.24, 2.45) is 0 Å². The van der Waals surface area contributed by atoms with Crippen LogP contribution in [-0.4, -0.2) is 35.3 Å². The van der Waals surface area contributed by atoms with E-state index in [4.69, 9.17) is 23.2 Å². The van der Waals surface area contributed by atoms with Gasteiger partial charge in [-0.15, -0.1) is 13.2 Å². The van der Waals surface area contributed by atoms with E-state index in [-0.39, 0.29) is 11.0 Å². The Hall–Kier alpha value is -0.830. The third kappa shape index (κ3) is 4.22. The first-order valence-electron chi connectivity index (χ1n) is 7.50. The van der Waals surface area contributed by atoms with Crippen molar-refractivity contribution in [2.75, 3.05) is 19.5 Å². The molecule has 0 amide bonds. The third-order valence-electron chi connectivity index (χ3n) is 3.86. The van der Waals surface area contributed by atoms with Gasteiger partial charge in [-0.25, -0.2) is 4.98 Å². The third-order valence-corrected chi connectivity index (χ3v) is 6.01. The van der Waals surface area contributed by atoms with Crippen molar-refractivity contribution in [3.8, 4) is 11.3 Å². The summed E-state index contributed by atoms with van der Waals surface area (Å²) in [6, 6.07) is 3.75. The van der Waals surface area contributed by atoms with Crippen LogP contribution in [-0.2, 0) is 6.42 Å². The van der Waals surface area contributed by atoms with E-state index in [9.17, 15) is 8.78 Å². The number of hydrogen-bond donors (Lipinski definition) is 0. The van der Waals surface area contributed by atoms with E-state index in [1.165, 1.54) is 6.92 Å². The second-order valence-electron chi connectivity index (χ2n) is 6.61. The highest BCUT2D eigenvalue weighted by atomic mass is 35.5. The van der Waals surface area contributed by atoms with Crippen LogP contribution in [0, 0.1) is 13.8 Å². The highest BCUT2D eigenvalue weighted by Gasteiger charge is 2.22. The average Bonchev–Trinajstić information content (AvgIpc) is 2.72. The van der Waals surface area contributed by atoms with Gasteiger partial charge in [0.15, 0.2) is 0 Å². The van der Waals surface area contributed by atoms with Crippen LogP contribution in [0.1, 0.15) is 23.5 Å². The van der Waals surface area contributed by atoms with Crippen LogP contribution in [0.4, 0.5) is 8.78 Å². The van der Waals surface area contributed by atoms with Gasteiger partial charge in [0.05, 0.1) is 0 Å². The van der Waals surface area contributed by atoms with E-state index in [1.807, 2.05) is 19.1 Å². The molecule has 0 aliphatic rings. The van der Waals surface area contributed by atoms with Gasteiger partial charge in [-0.1, -0.05) is 23.2 Å².